The van der Waals surface area contributed by atoms with Crippen LogP contribution in [0.25, 0.3) is 0 Å². The molecule has 0 radical (unpaired) electrons. The van der Waals surface area contributed by atoms with Gasteiger partial charge in [-0.1, -0.05) is 95.0 Å². The minimum Gasteiger partial charge on any atom is -0.394 e. The molecule has 0 bridgehead atoms. The van der Waals surface area contributed by atoms with E-state index in [1.165, 1.54) is 51.4 Å². The Balaban J connectivity index is 0.000000841. The van der Waals surface area contributed by atoms with Gasteiger partial charge in [0.25, 0.3) is 0 Å². The molecule has 12 heteroatoms. The van der Waals surface area contributed by atoms with Gasteiger partial charge in [0, 0.05) is 19.6 Å². The highest BCUT2D eigenvalue weighted by Gasteiger charge is 2.30. The molecule has 1 aromatic carbocycles. The molecule has 12 nitrogen and oxygen atoms in total. The minimum absolute atomic E-state index is 0.0608. The van der Waals surface area contributed by atoms with Crippen LogP contribution in [0.4, 0.5) is 0 Å². The molecule has 1 aromatic rings. The van der Waals surface area contributed by atoms with Gasteiger partial charge in [0.15, 0.2) is 0 Å². The van der Waals surface area contributed by atoms with Crippen molar-refractivity contribution < 1.29 is 51.1 Å². The Morgan fingerprint density at radius 1 is 0.512 bits per heavy atom. The highest BCUT2D eigenvalue weighted by molar-refractivity contribution is 5.14. The third-order valence-corrected chi connectivity index (χ3v) is 7.24. The fraction of sp³-hybridized carbons (Fsp3) is 0.806. The second-order valence-corrected chi connectivity index (χ2v) is 11.1. The number of nitrogens with one attached hydrogen (secondary N) is 2. The monoisotopic (exact) mass is 620 g/mol. The second kappa shape index (κ2) is 27.1. The number of rotatable bonds is 25. The third-order valence-electron chi connectivity index (χ3n) is 7.24. The molecule has 0 saturated heterocycles. The van der Waals surface area contributed by atoms with E-state index >= 15 is 0 Å². The molecular formula is C31H60N2O10. The van der Waals surface area contributed by atoms with E-state index in [2.05, 4.69) is 17.6 Å². The first-order valence-corrected chi connectivity index (χ1v) is 15.7. The smallest absolute Gasteiger partial charge is 0.111 e. The molecule has 0 unspecified atom stereocenters. The zero-order chi connectivity index (χ0) is 32.5. The Labute approximate surface area is 257 Å². The molecule has 12 N–H and O–H groups in total. The van der Waals surface area contributed by atoms with Crippen molar-refractivity contribution in [2.75, 3.05) is 32.8 Å². The van der Waals surface area contributed by atoms with Crippen molar-refractivity contribution in [3.63, 3.8) is 0 Å². The zero-order valence-corrected chi connectivity index (χ0v) is 25.8. The first-order chi connectivity index (χ1) is 20.6. The molecule has 43 heavy (non-hydrogen) atoms. The number of aliphatic hydroxyl groups excluding tert-OH is 10. The van der Waals surface area contributed by atoms with E-state index in [-0.39, 0.29) is 13.1 Å². The summed E-state index contributed by atoms with van der Waals surface area (Å²) >= 11 is 0. The summed E-state index contributed by atoms with van der Waals surface area (Å²) in [5.74, 6) is 0. The van der Waals surface area contributed by atoms with E-state index in [1.54, 1.807) is 0 Å². The van der Waals surface area contributed by atoms with Crippen LogP contribution < -0.4 is 10.6 Å². The number of unbranched alkanes of at least 4 members (excludes halogenated alkanes) is 9. The van der Waals surface area contributed by atoms with Crippen molar-refractivity contribution in [1.82, 2.24) is 10.6 Å². The summed E-state index contributed by atoms with van der Waals surface area (Å²) in [7, 11) is 0. The highest BCUT2D eigenvalue weighted by atomic mass is 16.4. The van der Waals surface area contributed by atoms with Crippen molar-refractivity contribution >= 4 is 0 Å². The predicted octanol–water partition coefficient (Wildman–Crippen LogP) is -0.855. The molecule has 0 heterocycles. The molecule has 0 aliphatic heterocycles. The average molecular weight is 621 g/mol. The van der Waals surface area contributed by atoms with E-state index in [4.69, 9.17) is 15.3 Å². The van der Waals surface area contributed by atoms with Gasteiger partial charge in [0.1, 0.15) is 36.6 Å². The van der Waals surface area contributed by atoms with Gasteiger partial charge < -0.3 is 61.7 Å². The maximum atomic E-state index is 9.73. The molecule has 0 aliphatic carbocycles. The van der Waals surface area contributed by atoms with Crippen LogP contribution in [0.1, 0.15) is 76.7 Å². The van der Waals surface area contributed by atoms with Crippen LogP contribution in [-0.4, -0.2) is 133 Å². The summed E-state index contributed by atoms with van der Waals surface area (Å²) in [5, 5.41) is 99.2. The summed E-state index contributed by atoms with van der Waals surface area (Å²) in [6, 6.07) is 9.52. The number of aliphatic hydroxyl groups is 10. The maximum absolute atomic E-state index is 9.73. The van der Waals surface area contributed by atoms with E-state index in [0.29, 0.717) is 6.54 Å². The van der Waals surface area contributed by atoms with Crippen molar-refractivity contribution in [3.05, 3.63) is 35.9 Å². The van der Waals surface area contributed by atoms with E-state index in [9.17, 15) is 35.7 Å². The van der Waals surface area contributed by atoms with E-state index < -0.39 is 62.0 Å². The van der Waals surface area contributed by atoms with Gasteiger partial charge >= 0.3 is 0 Å². The lowest BCUT2D eigenvalue weighted by Crippen LogP contribution is -2.49. The highest BCUT2D eigenvalue weighted by Crippen LogP contribution is 2.10. The lowest BCUT2D eigenvalue weighted by atomic mass is 10.0. The van der Waals surface area contributed by atoms with Crippen LogP contribution in [0, 0.1) is 0 Å². The summed E-state index contributed by atoms with van der Waals surface area (Å²) in [6.45, 7) is 2.37. The van der Waals surface area contributed by atoms with Crippen LogP contribution in [0.5, 0.6) is 0 Å². The fourth-order valence-electron chi connectivity index (χ4n) is 4.32. The SMILES string of the molecule is CCCCCCCCCCCCNC[C@H](O)[C@@H](O)[C@H](O)[C@H](O)CO.OC[C@@H](O)[C@@H](O)[C@H](O)[C@@H](O)CNCc1ccccc1. The Bertz CT molecular complexity index is 736. The number of hydrogen-bond donors (Lipinski definition) is 12. The van der Waals surface area contributed by atoms with E-state index in [1.807, 2.05) is 30.3 Å². The summed E-state index contributed by atoms with van der Waals surface area (Å²) in [5.41, 5.74) is 1.03. The van der Waals surface area contributed by atoms with Crippen molar-refractivity contribution in [3.8, 4) is 0 Å². The van der Waals surface area contributed by atoms with E-state index in [0.717, 1.165) is 24.9 Å². The van der Waals surface area contributed by atoms with Crippen molar-refractivity contribution in [2.24, 2.45) is 0 Å². The standard InChI is InChI=1S/C18H39NO5.C13H21NO5/c1-2-3-4-5-6-7-8-9-10-11-12-19-13-15(21)17(23)18(24)16(22)14-20;15-8-11(17)13(19)12(18)10(16)7-14-6-9-4-2-1-3-5-9/h15-24H,2-14H2,1H3;1-5,10-19H,6-8H2/t15-,16+,17+,18+;10-,11+,12+,13+/m00/s1. The number of benzene rings is 1. The van der Waals surface area contributed by atoms with Gasteiger partial charge in [-0.15, -0.1) is 0 Å². The zero-order valence-electron chi connectivity index (χ0n) is 25.8. The largest absolute Gasteiger partial charge is 0.394 e. The first kappa shape index (κ1) is 41.7. The van der Waals surface area contributed by atoms with Gasteiger partial charge in [-0.25, -0.2) is 0 Å². The molecule has 0 aromatic heterocycles. The Hall–Kier alpha value is -1.26. The fourth-order valence-corrected chi connectivity index (χ4v) is 4.32. The lowest BCUT2D eigenvalue weighted by molar-refractivity contribution is -0.114. The molecule has 254 valence electrons. The predicted molar refractivity (Wildman–Crippen MR) is 165 cm³/mol. The van der Waals surface area contributed by atoms with Crippen molar-refractivity contribution in [2.45, 2.75) is 127 Å². The van der Waals surface area contributed by atoms with Gasteiger partial charge in [-0.05, 0) is 18.5 Å². The summed E-state index contributed by atoms with van der Waals surface area (Å²) < 4.78 is 0. The van der Waals surface area contributed by atoms with Crippen LogP contribution >= 0.6 is 0 Å². The van der Waals surface area contributed by atoms with Crippen LogP contribution in [-0.2, 0) is 6.54 Å². The molecule has 0 fully saturated rings. The Morgan fingerprint density at radius 2 is 0.907 bits per heavy atom. The molecule has 1 rings (SSSR count). The van der Waals surface area contributed by atoms with Gasteiger partial charge in [0.05, 0.1) is 25.4 Å². The number of hydrogen-bond acceptors (Lipinski definition) is 12. The normalized spacial score (nSPS) is 17.2. The summed E-state index contributed by atoms with van der Waals surface area (Å²) in [6.07, 6.45) is 1.19. The maximum Gasteiger partial charge on any atom is 0.111 e. The van der Waals surface area contributed by atoms with Crippen molar-refractivity contribution in [1.29, 1.82) is 0 Å². The molecular weight excluding hydrogens is 560 g/mol. The van der Waals surface area contributed by atoms with Crippen LogP contribution in [0.2, 0.25) is 0 Å². The third kappa shape index (κ3) is 20.4. The summed E-state index contributed by atoms with van der Waals surface area (Å²) in [4.78, 5) is 0. The quantitative estimate of drug-likeness (QED) is 0.0600. The molecule has 0 aliphatic rings. The van der Waals surface area contributed by atoms with Gasteiger partial charge in [-0.3, -0.25) is 0 Å². The second-order valence-electron chi connectivity index (χ2n) is 11.1. The molecule has 0 spiro atoms. The minimum atomic E-state index is -1.58. The Kier molecular flexibility index (Phi) is 26.3. The van der Waals surface area contributed by atoms with Gasteiger partial charge in [0.2, 0.25) is 0 Å². The van der Waals surface area contributed by atoms with Gasteiger partial charge in [-0.2, -0.15) is 0 Å². The van der Waals surface area contributed by atoms with Crippen LogP contribution in [0.3, 0.4) is 0 Å². The van der Waals surface area contributed by atoms with Crippen LogP contribution in [0.15, 0.2) is 30.3 Å². The molecule has 8 atom stereocenters. The first-order valence-electron chi connectivity index (χ1n) is 15.7. The molecule has 0 amide bonds. The lowest BCUT2D eigenvalue weighted by Gasteiger charge is -2.25. The average Bonchev–Trinajstić information content (AvgIpc) is 3.03. The molecule has 0 saturated carbocycles. The Morgan fingerprint density at radius 3 is 1.35 bits per heavy atom. The topological polar surface area (TPSA) is 226 Å².